The third-order valence-corrected chi connectivity index (χ3v) is 5.17. The Labute approximate surface area is 122 Å². The molecule has 19 heavy (non-hydrogen) atoms. The number of aromatic nitrogens is 1. The number of hydrogen-bond acceptors (Lipinski definition) is 5. The van der Waals surface area contributed by atoms with E-state index >= 15 is 0 Å². The third-order valence-electron chi connectivity index (χ3n) is 3.24. The highest BCUT2D eigenvalue weighted by Crippen LogP contribution is 2.27. The van der Waals surface area contributed by atoms with Gasteiger partial charge in [0, 0.05) is 18.5 Å². The van der Waals surface area contributed by atoms with Crippen molar-refractivity contribution >= 4 is 22.7 Å². The van der Waals surface area contributed by atoms with E-state index < -0.39 is 0 Å². The minimum Gasteiger partial charge on any atom is -0.392 e. The van der Waals surface area contributed by atoms with Gasteiger partial charge in [0.1, 0.15) is 5.01 Å². The van der Waals surface area contributed by atoms with E-state index in [1.54, 1.807) is 22.7 Å². The van der Waals surface area contributed by atoms with Crippen LogP contribution >= 0.6 is 22.7 Å². The van der Waals surface area contributed by atoms with E-state index in [-0.39, 0.29) is 6.10 Å². The fourth-order valence-electron chi connectivity index (χ4n) is 1.72. The topological polar surface area (TPSA) is 45.1 Å². The predicted molar refractivity (Wildman–Crippen MR) is 82.6 cm³/mol. The Kier molecular flexibility index (Phi) is 5.51. The summed E-state index contributed by atoms with van der Waals surface area (Å²) in [5.41, 5.74) is 1.05. The highest BCUT2D eigenvalue weighted by molar-refractivity contribution is 7.20. The van der Waals surface area contributed by atoms with Crippen LogP contribution in [-0.2, 0) is 6.54 Å². The number of rotatable bonds is 7. The van der Waals surface area contributed by atoms with Crippen LogP contribution in [0.3, 0.4) is 0 Å². The van der Waals surface area contributed by atoms with Gasteiger partial charge >= 0.3 is 0 Å². The Morgan fingerprint density at radius 2 is 2.26 bits per heavy atom. The van der Waals surface area contributed by atoms with Crippen molar-refractivity contribution in [2.24, 2.45) is 5.92 Å². The molecule has 0 bridgehead atoms. The second kappa shape index (κ2) is 7.14. The molecule has 2 unspecified atom stereocenters. The molecule has 104 valence electrons. The SMILES string of the molecule is CCC(C)C(O)CNCc1csc(-c2cccs2)n1. The fraction of sp³-hybridized carbons (Fsp3) is 0.500. The summed E-state index contributed by atoms with van der Waals surface area (Å²) in [5, 5.41) is 18.4. The van der Waals surface area contributed by atoms with Crippen LogP contribution in [0.4, 0.5) is 0 Å². The zero-order chi connectivity index (χ0) is 13.7. The van der Waals surface area contributed by atoms with Crippen molar-refractivity contribution < 1.29 is 5.11 Å². The fourth-order valence-corrected chi connectivity index (χ4v) is 3.36. The summed E-state index contributed by atoms with van der Waals surface area (Å²) in [6.45, 7) is 5.52. The molecule has 0 aromatic carbocycles. The van der Waals surface area contributed by atoms with E-state index in [4.69, 9.17) is 0 Å². The maximum atomic E-state index is 9.87. The molecule has 0 amide bonds. The lowest BCUT2D eigenvalue weighted by molar-refractivity contribution is 0.112. The van der Waals surface area contributed by atoms with Gasteiger partial charge in [-0.15, -0.1) is 22.7 Å². The maximum absolute atomic E-state index is 9.87. The van der Waals surface area contributed by atoms with Crippen molar-refractivity contribution in [3.8, 4) is 9.88 Å². The van der Waals surface area contributed by atoms with Gasteiger partial charge in [-0.05, 0) is 17.4 Å². The standard InChI is InChI=1S/C14H20N2OS2/c1-3-10(2)12(17)8-15-7-11-9-19-14(16-11)13-5-4-6-18-13/h4-6,9-10,12,15,17H,3,7-8H2,1-2H3. The summed E-state index contributed by atoms with van der Waals surface area (Å²) in [5.74, 6) is 0.338. The van der Waals surface area contributed by atoms with Crippen molar-refractivity contribution in [1.82, 2.24) is 10.3 Å². The largest absolute Gasteiger partial charge is 0.392 e. The van der Waals surface area contributed by atoms with Crippen molar-refractivity contribution in [1.29, 1.82) is 0 Å². The molecule has 2 aromatic rings. The van der Waals surface area contributed by atoms with Crippen LogP contribution in [0.15, 0.2) is 22.9 Å². The molecule has 2 N–H and O–H groups in total. The monoisotopic (exact) mass is 296 g/mol. The molecule has 2 heterocycles. The summed E-state index contributed by atoms with van der Waals surface area (Å²) >= 11 is 3.39. The number of aliphatic hydroxyl groups excluding tert-OH is 1. The van der Waals surface area contributed by atoms with Crippen LogP contribution in [0.2, 0.25) is 0 Å². The Balaban J connectivity index is 1.81. The molecule has 0 aliphatic carbocycles. The smallest absolute Gasteiger partial charge is 0.133 e. The summed E-state index contributed by atoms with van der Waals surface area (Å²) in [6.07, 6.45) is 0.725. The third kappa shape index (κ3) is 4.11. The van der Waals surface area contributed by atoms with Gasteiger partial charge in [-0.3, -0.25) is 0 Å². The Morgan fingerprint density at radius 1 is 1.42 bits per heavy atom. The van der Waals surface area contributed by atoms with Crippen LogP contribution in [-0.4, -0.2) is 22.7 Å². The zero-order valence-corrected chi connectivity index (χ0v) is 12.9. The van der Waals surface area contributed by atoms with E-state index in [2.05, 4.69) is 41.0 Å². The summed E-state index contributed by atoms with van der Waals surface area (Å²) < 4.78 is 0. The number of thiazole rings is 1. The zero-order valence-electron chi connectivity index (χ0n) is 11.3. The van der Waals surface area contributed by atoms with Gasteiger partial charge in [0.2, 0.25) is 0 Å². The molecule has 0 aliphatic heterocycles. The first-order valence-corrected chi connectivity index (χ1v) is 8.33. The number of nitrogens with one attached hydrogen (secondary N) is 1. The second-order valence-electron chi connectivity index (χ2n) is 4.71. The lowest BCUT2D eigenvalue weighted by atomic mass is 10.0. The van der Waals surface area contributed by atoms with Gasteiger partial charge < -0.3 is 10.4 Å². The molecule has 0 saturated carbocycles. The average molecular weight is 296 g/mol. The van der Waals surface area contributed by atoms with Crippen LogP contribution in [0.1, 0.15) is 26.0 Å². The average Bonchev–Trinajstić information content (AvgIpc) is 3.07. The maximum Gasteiger partial charge on any atom is 0.133 e. The van der Waals surface area contributed by atoms with Crippen molar-refractivity contribution in [3.05, 3.63) is 28.6 Å². The van der Waals surface area contributed by atoms with Gasteiger partial charge in [-0.1, -0.05) is 26.3 Å². The first-order chi connectivity index (χ1) is 9.20. The van der Waals surface area contributed by atoms with Crippen molar-refractivity contribution in [2.75, 3.05) is 6.54 Å². The van der Waals surface area contributed by atoms with Crippen molar-refractivity contribution in [2.45, 2.75) is 32.9 Å². The normalized spacial score (nSPS) is 14.5. The first kappa shape index (κ1) is 14.7. The molecule has 2 atom stereocenters. The summed E-state index contributed by atoms with van der Waals surface area (Å²) in [7, 11) is 0. The number of thiophene rings is 1. The van der Waals surface area contributed by atoms with Crippen LogP contribution < -0.4 is 5.32 Å². The Morgan fingerprint density at radius 3 is 2.95 bits per heavy atom. The van der Waals surface area contributed by atoms with Gasteiger partial charge in [0.15, 0.2) is 0 Å². The second-order valence-corrected chi connectivity index (χ2v) is 6.51. The highest BCUT2D eigenvalue weighted by atomic mass is 32.1. The molecular weight excluding hydrogens is 276 g/mol. The van der Waals surface area contributed by atoms with Gasteiger partial charge in [0.25, 0.3) is 0 Å². The molecule has 0 aliphatic rings. The Bertz CT molecular complexity index is 481. The van der Waals surface area contributed by atoms with Crippen LogP contribution in [0, 0.1) is 5.92 Å². The van der Waals surface area contributed by atoms with E-state index in [9.17, 15) is 5.11 Å². The molecule has 0 saturated heterocycles. The molecule has 2 rings (SSSR count). The van der Waals surface area contributed by atoms with Gasteiger partial charge in [-0.25, -0.2) is 4.98 Å². The van der Waals surface area contributed by atoms with Crippen LogP contribution in [0.25, 0.3) is 9.88 Å². The van der Waals surface area contributed by atoms with E-state index in [0.717, 1.165) is 23.7 Å². The van der Waals surface area contributed by atoms with E-state index in [1.807, 2.05) is 6.07 Å². The quantitative estimate of drug-likeness (QED) is 0.823. The number of aliphatic hydroxyl groups is 1. The van der Waals surface area contributed by atoms with E-state index in [1.165, 1.54) is 4.88 Å². The van der Waals surface area contributed by atoms with Gasteiger partial charge in [-0.2, -0.15) is 0 Å². The summed E-state index contributed by atoms with van der Waals surface area (Å²) in [4.78, 5) is 5.82. The van der Waals surface area contributed by atoms with Crippen LogP contribution in [0.5, 0.6) is 0 Å². The minimum absolute atomic E-state index is 0.277. The predicted octanol–water partition coefficient (Wildman–Crippen LogP) is 3.37. The molecule has 0 radical (unpaired) electrons. The number of nitrogens with zero attached hydrogens (tertiary/aromatic N) is 1. The Hall–Kier alpha value is -0.750. The lowest BCUT2D eigenvalue weighted by Crippen LogP contribution is -2.31. The molecular formula is C14H20N2OS2. The highest BCUT2D eigenvalue weighted by Gasteiger charge is 2.12. The van der Waals surface area contributed by atoms with Gasteiger partial charge in [0.05, 0.1) is 16.7 Å². The minimum atomic E-state index is -0.277. The van der Waals surface area contributed by atoms with Crippen molar-refractivity contribution in [3.63, 3.8) is 0 Å². The molecule has 3 nitrogen and oxygen atoms in total. The number of hydrogen-bond donors (Lipinski definition) is 2. The molecule has 2 aromatic heterocycles. The lowest BCUT2D eigenvalue weighted by Gasteiger charge is -2.17. The molecule has 5 heteroatoms. The van der Waals surface area contributed by atoms with E-state index in [0.29, 0.717) is 12.5 Å². The molecule has 0 spiro atoms. The summed E-state index contributed by atoms with van der Waals surface area (Å²) in [6, 6.07) is 4.13. The first-order valence-electron chi connectivity index (χ1n) is 6.57. The molecule has 0 fully saturated rings.